The number of rotatable bonds is 5. The van der Waals surface area contributed by atoms with Crippen LogP contribution in [0.5, 0.6) is 0 Å². The summed E-state index contributed by atoms with van der Waals surface area (Å²) in [5, 5.41) is 15.1. The van der Waals surface area contributed by atoms with Crippen molar-refractivity contribution in [2.75, 3.05) is 17.1 Å². The fraction of sp³-hybridized carbons (Fsp3) is 0.200. The fourth-order valence-corrected chi connectivity index (χ4v) is 3.26. The van der Waals surface area contributed by atoms with Gasteiger partial charge in [0.05, 0.1) is 22.1 Å². The summed E-state index contributed by atoms with van der Waals surface area (Å²) >= 11 is 0. The average Bonchev–Trinajstić information content (AvgIpc) is 3.05. The minimum atomic E-state index is -3.39. The van der Waals surface area contributed by atoms with Crippen LogP contribution in [0, 0.1) is 10.1 Å². The molecule has 3 aromatic rings. The maximum absolute atomic E-state index is 12.1. The van der Waals surface area contributed by atoms with Gasteiger partial charge >= 0.3 is 5.69 Å². The van der Waals surface area contributed by atoms with E-state index in [2.05, 4.69) is 10.1 Å². The standard InChI is InChI=1S/C15H15N5O4S/c1-3-25(23,24)18(2)12-6-4-5-11(9-12)13-7-8-16-15-14(20(21)22)10-17-19(13)15/h4-10H,3H2,1-2H3. The predicted molar refractivity (Wildman–Crippen MR) is 92.9 cm³/mol. The summed E-state index contributed by atoms with van der Waals surface area (Å²) in [6, 6.07) is 8.53. The highest BCUT2D eigenvalue weighted by Crippen LogP contribution is 2.27. The van der Waals surface area contributed by atoms with Crippen molar-refractivity contribution in [2.24, 2.45) is 0 Å². The number of aromatic nitrogens is 3. The van der Waals surface area contributed by atoms with Crippen LogP contribution < -0.4 is 4.31 Å². The van der Waals surface area contributed by atoms with E-state index >= 15 is 0 Å². The van der Waals surface area contributed by atoms with Crippen molar-refractivity contribution < 1.29 is 13.3 Å². The second-order valence-corrected chi connectivity index (χ2v) is 7.56. The quantitative estimate of drug-likeness (QED) is 0.508. The van der Waals surface area contributed by atoms with E-state index in [9.17, 15) is 18.5 Å². The Morgan fingerprint density at radius 1 is 1.32 bits per heavy atom. The average molecular weight is 361 g/mol. The fourth-order valence-electron chi connectivity index (χ4n) is 2.44. The third-order valence-corrected chi connectivity index (χ3v) is 5.64. The number of fused-ring (bicyclic) bond motifs is 1. The van der Waals surface area contributed by atoms with Crippen molar-refractivity contribution >= 4 is 27.0 Å². The van der Waals surface area contributed by atoms with Crippen molar-refractivity contribution in [1.82, 2.24) is 14.6 Å². The molecule has 2 heterocycles. The zero-order valence-corrected chi connectivity index (χ0v) is 14.3. The van der Waals surface area contributed by atoms with Gasteiger partial charge < -0.3 is 0 Å². The molecule has 0 saturated carbocycles. The molecule has 0 unspecified atom stereocenters. The maximum Gasteiger partial charge on any atom is 0.333 e. The molecule has 0 saturated heterocycles. The molecule has 1 aromatic carbocycles. The van der Waals surface area contributed by atoms with E-state index in [1.807, 2.05) is 0 Å². The first kappa shape index (κ1) is 16.8. The number of sulfonamides is 1. The topological polar surface area (TPSA) is 111 Å². The van der Waals surface area contributed by atoms with Crippen LogP contribution in [0.3, 0.4) is 0 Å². The first-order valence-electron chi connectivity index (χ1n) is 7.39. The van der Waals surface area contributed by atoms with Crippen molar-refractivity contribution in [1.29, 1.82) is 0 Å². The van der Waals surface area contributed by atoms with Gasteiger partial charge in [-0.1, -0.05) is 12.1 Å². The number of benzene rings is 1. The van der Waals surface area contributed by atoms with Crippen LogP contribution in [0.1, 0.15) is 6.92 Å². The Morgan fingerprint density at radius 2 is 2.08 bits per heavy atom. The molecule has 0 aliphatic rings. The SMILES string of the molecule is CCS(=O)(=O)N(C)c1cccc(-c2ccnc3c([N+](=O)[O-])cnn23)c1. The summed E-state index contributed by atoms with van der Waals surface area (Å²) < 4.78 is 26.7. The van der Waals surface area contributed by atoms with Crippen molar-refractivity contribution in [2.45, 2.75) is 6.92 Å². The molecule has 130 valence electrons. The highest BCUT2D eigenvalue weighted by Gasteiger charge is 2.20. The Balaban J connectivity index is 2.14. The van der Waals surface area contributed by atoms with Crippen LogP contribution in [0.15, 0.2) is 42.7 Å². The zero-order valence-electron chi connectivity index (χ0n) is 13.5. The van der Waals surface area contributed by atoms with Crippen LogP contribution in [-0.2, 0) is 10.0 Å². The molecule has 0 fully saturated rings. The van der Waals surface area contributed by atoms with Gasteiger partial charge in [0, 0.05) is 18.8 Å². The number of nitro groups is 1. The molecule has 0 N–H and O–H groups in total. The Bertz CT molecular complexity index is 1060. The highest BCUT2D eigenvalue weighted by atomic mass is 32.2. The third kappa shape index (κ3) is 2.91. The summed E-state index contributed by atoms with van der Waals surface area (Å²) in [6.45, 7) is 1.57. The van der Waals surface area contributed by atoms with Crippen LogP contribution >= 0.6 is 0 Å². The van der Waals surface area contributed by atoms with Crippen molar-refractivity contribution in [3.63, 3.8) is 0 Å². The van der Waals surface area contributed by atoms with Gasteiger partial charge in [-0.25, -0.2) is 17.9 Å². The van der Waals surface area contributed by atoms with Crippen LogP contribution in [0.25, 0.3) is 16.9 Å². The second-order valence-electron chi connectivity index (χ2n) is 5.27. The van der Waals surface area contributed by atoms with Gasteiger partial charge in [-0.2, -0.15) is 5.10 Å². The van der Waals surface area contributed by atoms with Gasteiger partial charge in [0.15, 0.2) is 0 Å². The smallest absolute Gasteiger partial charge is 0.273 e. The maximum atomic E-state index is 12.1. The minimum Gasteiger partial charge on any atom is -0.273 e. The summed E-state index contributed by atoms with van der Waals surface area (Å²) in [4.78, 5) is 14.5. The normalized spacial score (nSPS) is 11.6. The number of hydrogen-bond donors (Lipinski definition) is 0. The molecule has 0 atom stereocenters. The first-order valence-corrected chi connectivity index (χ1v) is 9.00. The molecule has 10 heteroatoms. The molecule has 3 rings (SSSR count). The molecule has 0 amide bonds. The minimum absolute atomic E-state index is 0.0153. The van der Waals surface area contributed by atoms with Crippen LogP contribution in [-0.4, -0.2) is 40.7 Å². The van der Waals surface area contributed by atoms with E-state index in [4.69, 9.17) is 0 Å². The molecule has 0 radical (unpaired) electrons. The van der Waals surface area contributed by atoms with Gasteiger partial charge in [0.2, 0.25) is 15.7 Å². The predicted octanol–water partition coefficient (Wildman–Crippen LogP) is 2.09. The van der Waals surface area contributed by atoms with E-state index in [0.717, 1.165) is 6.20 Å². The van der Waals surface area contributed by atoms with Gasteiger partial charge in [0.1, 0.15) is 6.20 Å². The largest absolute Gasteiger partial charge is 0.333 e. The lowest BCUT2D eigenvalue weighted by atomic mass is 10.1. The lowest BCUT2D eigenvalue weighted by Gasteiger charge is -2.19. The highest BCUT2D eigenvalue weighted by molar-refractivity contribution is 7.92. The van der Waals surface area contributed by atoms with Gasteiger partial charge in [0.25, 0.3) is 0 Å². The lowest BCUT2D eigenvalue weighted by Crippen LogP contribution is -2.27. The summed E-state index contributed by atoms with van der Waals surface area (Å²) in [5.74, 6) is -0.0153. The van der Waals surface area contributed by atoms with E-state index in [-0.39, 0.29) is 17.1 Å². The van der Waals surface area contributed by atoms with E-state index in [1.54, 1.807) is 37.3 Å². The Labute approximate surface area is 143 Å². The summed E-state index contributed by atoms with van der Waals surface area (Å²) in [7, 11) is -1.91. The third-order valence-electron chi connectivity index (χ3n) is 3.87. The summed E-state index contributed by atoms with van der Waals surface area (Å²) in [6.07, 6.45) is 2.60. The lowest BCUT2D eigenvalue weighted by molar-refractivity contribution is -0.383. The van der Waals surface area contributed by atoms with E-state index in [0.29, 0.717) is 16.9 Å². The number of hydrogen-bond acceptors (Lipinski definition) is 6. The number of anilines is 1. The van der Waals surface area contributed by atoms with Gasteiger partial charge in [-0.05, 0) is 25.1 Å². The van der Waals surface area contributed by atoms with Crippen molar-refractivity contribution in [3.8, 4) is 11.3 Å². The summed E-state index contributed by atoms with van der Waals surface area (Å²) in [5.41, 5.74) is 1.67. The molecule has 25 heavy (non-hydrogen) atoms. The first-order chi connectivity index (χ1) is 11.8. The monoisotopic (exact) mass is 361 g/mol. The van der Waals surface area contributed by atoms with Crippen molar-refractivity contribution in [3.05, 3.63) is 52.8 Å². The Morgan fingerprint density at radius 3 is 2.76 bits per heavy atom. The molecule has 9 nitrogen and oxygen atoms in total. The Hall–Kier alpha value is -3.01. The van der Waals surface area contributed by atoms with Gasteiger partial charge in [-0.15, -0.1) is 0 Å². The molecule has 0 aliphatic heterocycles. The van der Waals surface area contributed by atoms with E-state index < -0.39 is 14.9 Å². The molecule has 0 spiro atoms. The zero-order chi connectivity index (χ0) is 18.2. The molecule has 0 aliphatic carbocycles. The van der Waals surface area contributed by atoms with Crippen LogP contribution in [0.4, 0.5) is 11.4 Å². The molecule has 0 bridgehead atoms. The second kappa shape index (κ2) is 6.13. The van der Waals surface area contributed by atoms with Crippen LogP contribution in [0.2, 0.25) is 0 Å². The van der Waals surface area contributed by atoms with E-state index in [1.165, 1.54) is 22.1 Å². The number of nitrogens with zero attached hydrogens (tertiary/aromatic N) is 5. The molecular weight excluding hydrogens is 346 g/mol. The Kier molecular flexibility index (Phi) is 4.13. The molecular formula is C15H15N5O4S. The van der Waals surface area contributed by atoms with Gasteiger partial charge in [-0.3, -0.25) is 14.4 Å². The molecule has 2 aromatic heterocycles.